The van der Waals surface area contributed by atoms with Gasteiger partial charge in [0.1, 0.15) is 0 Å². The minimum absolute atomic E-state index is 0. The minimum Gasteiger partial charge on any atom is -0.378 e. The molecule has 0 saturated carbocycles. The fraction of sp³-hybridized carbons (Fsp3) is 0.588. The molecule has 0 atom stereocenters. The van der Waals surface area contributed by atoms with Crippen LogP contribution in [0.1, 0.15) is 40.2 Å². The SMILES string of the molecule is Cc1ccc(C(=O)N2CCOCC2)cc1C1CCNCC1.Cl. The number of rotatable bonds is 2. The molecule has 0 spiro atoms. The molecule has 1 aromatic carbocycles. The molecule has 122 valence electrons. The van der Waals surface area contributed by atoms with Crippen molar-refractivity contribution in [2.75, 3.05) is 39.4 Å². The molecule has 2 fully saturated rings. The Kier molecular flexibility index (Phi) is 6.24. The van der Waals surface area contributed by atoms with Gasteiger partial charge in [0.05, 0.1) is 13.2 Å². The number of benzene rings is 1. The molecule has 1 amide bonds. The lowest BCUT2D eigenvalue weighted by Crippen LogP contribution is -2.40. The van der Waals surface area contributed by atoms with E-state index in [1.54, 1.807) is 0 Å². The van der Waals surface area contributed by atoms with Crippen LogP contribution in [0.2, 0.25) is 0 Å². The summed E-state index contributed by atoms with van der Waals surface area (Å²) in [6.45, 7) is 7.01. The Labute approximate surface area is 138 Å². The number of piperidine rings is 1. The second kappa shape index (κ2) is 7.95. The summed E-state index contributed by atoms with van der Waals surface area (Å²) in [7, 11) is 0. The standard InChI is InChI=1S/C17H24N2O2.ClH/c1-13-2-3-15(17(20)19-8-10-21-11-9-19)12-16(13)14-4-6-18-7-5-14;/h2-3,12,14,18H,4-11H2,1H3;1H. The van der Waals surface area contributed by atoms with E-state index in [1.165, 1.54) is 11.1 Å². The second-order valence-electron chi connectivity index (χ2n) is 6.00. The number of hydrogen-bond donors (Lipinski definition) is 1. The molecule has 5 heteroatoms. The molecule has 2 aliphatic heterocycles. The third kappa shape index (κ3) is 3.80. The van der Waals surface area contributed by atoms with Gasteiger partial charge in [-0.25, -0.2) is 0 Å². The number of aryl methyl sites for hydroxylation is 1. The van der Waals surface area contributed by atoms with Crippen molar-refractivity contribution in [3.63, 3.8) is 0 Å². The van der Waals surface area contributed by atoms with E-state index in [-0.39, 0.29) is 18.3 Å². The van der Waals surface area contributed by atoms with Gasteiger partial charge in [-0.3, -0.25) is 4.79 Å². The molecular formula is C17H25ClN2O2. The number of carbonyl (C=O) groups excluding carboxylic acids is 1. The summed E-state index contributed by atoms with van der Waals surface area (Å²) in [6, 6.07) is 6.20. The van der Waals surface area contributed by atoms with E-state index in [0.29, 0.717) is 32.2 Å². The number of ether oxygens (including phenoxy) is 1. The molecule has 4 nitrogen and oxygen atoms in total. The Hall–Kier alpha value is -1.10. The maximum atomic E-state index is 12.6. The molecule has 1 aromatic rings. The van der Waals surface area contributed by atoms with Crippen LogP contribution in [0.25, 0.3) is 0 Å². The monoisotopic (exact) mass is 324 g/mol. The number of amides is 1. The number of nitrogens with one attached hydrogen (secondary N) is 1. The van der Waals surface area contributed by atoms with Crippen molar-refractivity contribution in [2.45, 2.75) is 25.7 Å². The molecule has 1 N–H and O–H groups in total. The number of nitrogens with zero attached hydrogens (tertiary/aromatic N) is 1. The summed E-state index contributed by atoms with van der Waals surface area (Å²) in [5, 5.41) is 3.40. The van der Waals surface area contributed by atoms with Crippen molar-refractivity contribution in [1.29, 1.82) is 0 Å². The summed E-state index contributed by atoms with van der Waals surface area (Å²) in [4.78, 5) is 14.5. The highest BCUT2D eigenvalue weighted by Gasteiger charge is 2.22. The lowest BCUT2D eigenvalue weighted by molar-refractivity contribution is 0.0303. The molecule has 0 radical (unpaired) electrons. The highest BCUT2D eigenvalue weighted by atomic mass is 35.5. The van der Waals surface area contributed by atoms with Crippen LogP contribution in [-0.4, -0.2) is 50.2 Å². The summed E-state index contributed by atoms with van der Waals surface area (Å²) >= 11 is 0. The van der Waals surface area contributed by atoms with Crippen LogP contribution in [0, 0.1) is 6.92 Å². The third-order valence-corrected chi connectivity index (χ3v) is 4.60. The van der Waals surface area contributed by atoms with Gasteiger partial charge in [0, 0.05) is 18.7 Å². The molecule has 0 aliphatic carbocycles. The first-order valence-corrected chi connectivity index (χ1v) is 7.94. The number of morpholine rings is 1. The molecule has 3 rings (SSSR count). The number of hydrogen-bond acceptors (Lipinski definition) is 3. The number of carbonyl (C=O) groups is 1. The summed E-state index contributed by atoms with van der Waals surface area (Å²) < 4.78 is 5.32. The van der Waals surface area contributed by atoms with Crippen LogP contribution in [0.15, 0.2) is 18.2 Å². The number of halogens is 1. The van der Waals surface area contributed by atoms with Crippen LogP contribution < -0.4 is 5.32 Å². The van der Waals surface area contributed by atoms with Gasteiger partial charge in [0.25, 0.3) is 5.91 Å². The quantitative estimate of drug-likeness (QED) is 0.908. The van der Waals surface area contributed by atoms with Crippen molar-refractivity contribution in [3.05, 3.63) is 34.9 Å². The van der Waals surface area contributed by atoms with Gasteiger partial charge in [-0.05, 0) is 62.0 Å². The highest BCUT2D eigenvalue weighted by Crippen LogP contribution is 2.29. The van der Waals surface area contributed by atoms with Gasteiger partial charge in [-0.15, -0.1) is 12.4 Å². The molecule has 22 heavy (non-hydrogen) atoms. The van der Waals surface area contributed by atoms with E-state index >= 15 is 0 Å². The van der Waals surface area contributed by atoms with Crippen LogP contribution >= 0.6 is 12.4 Å². The van der Waals surface area contributed by atoms with E-state index in [1.807, 2.05) is 11.0 Å². The highest BCUT2D eigenvalue weighted by molar-refractivity contribution is 5.94. The first-order valence-electron chi connectivity index (χ1n) is 7.94. The summed E-state index contributed by atoms with van der Waals surface area (Å²) in [6.07, 6.45) is 2.33. The van der Waals surface area contributed by atoms with Gasteiger partial charge >= 0.3 is 0 Å². The Morgan fingerprint density at radius 2 is 1.91 bits per heavy atom. The summed E-state index contributed by atoms with van der Waals surface area (Å²) in [5.41, 5.74) is 3.49. The Bertz CT molecular complexity index is 509. The van der Waals surface area contributed by atoms with E-state index in [4.69, 9.17) is 4.74 Å². The molecule has 0 unspecified atom stereocenters. The maximum Gasteiger partial charge on any atom is 0.254 e. The average Bonchev–Trinajstić information content (AvgIpc) is 2.56. The second-order valence-corrected chi connectivity index (χ2v) is 6.00. The Morgan fingerprint density at radius 1 is 1.23 bits per heavy atom. The maximum absolute atomic E-state index is 12.6. The topological polar surface area (TPSA) is 41.6 Å². The first-order chi connectivity index (χ1) is 10.3. The lowest BCUT2D eigenvalue weighted by atomic mass is 9.86. The van der Waals surface area contributed by atoms with Gasteiger partial charge in [-0.2, -0.15) is 0 Å². The molecular weight excluding hydrogens is 300 g/mol. The van der Waals surface area contributed by atoms with Crippen LogP contribution in [0.4, 0.5) is 0 Å². The van der Waals surface area contributed by atoms with E-state index < -0.39 is 0 Å². The van der Waals surface area contributed by atoms with Crippen molar-refractivity contribution in [2.24, 2.45) is 0 Å². The predicted octanol–water partition coefficient (Wildman–Crippen LogP) is 2.36. The predicted molar refractivity (Wildman–Crippen MR) is 90.0 cm³/mol. The molecule has 0 aromatic heterocycles. The lowest BCUT2D eigenvalue weighted by Gasteiger charge is -2.28. The smallest absolute Gasteiger partial charge is 0.254 e. The molecule has 2 heterocycles. The van der Waals surface area contributed by atoms with Gasteiger partial charge in [-0.1, -0.05) is 6.07 Å². The van der Waals surface area contributed by atoms with Crippen molar-refractivity contribution in [1.82, 2.24) is 10.2 Å². The first kappa shape index (κ1) is 17.3. The zero-order valence-corrected chi connectivity index (χ0v) is 14.0. The molecule has 2 saturated heterocycles. The van der Waals surface area contributed by atoms with E-state index in [0.717, 1.165) is 31.5 Å². The van der Waals surface area contributed by atoms with Crippen molar-refractivity contribution in [3.8, 4) is 0 Å². The van der Waals surface area contributed by atoms with Crippen LogP contribution in [0.5, 0.6) is 0 Å². The van der Waals surface area contributed by atoms with Gasteiger partial charge < -0.3 is 15.0 Å². The average molecular weight is 325 g/mol. The Balaban J connectivity index is 0.00000176. The van der Waals surface area contributed by atoms with Gasteiger partial charge in [0.15, 0.2) is 0 Å². The van der Waals surface area contributed by atoms with Crippen LogP contribution in [-0.2, 0) is 4.74 Å². The van der Waals surface area contributed by atoms with Crippen molar-refractivity contribution < 1.29 is 9.53 Å². The van der Waals surface area contributed by atoms with Gasteiger partial charge in [0.2, 0.25) is 0 Å². The largest absolute Gasteiger partial charge is 0.378 e. The summed E-state index contributed by atoms with van der Waals surface area (Å²) in [5.74, 6) is 0.733. The van der Waals surface area contributed by atoms with Crippen LogP contribution in [0.3, 0.4) is 0 Å². The van der Waals surface area contributed by atoms with E-state index in [9.17, 15) is 4.79 Å². The normalized spacial score (nSPS) is 19.6. The third-order valence-electron chi connectivity index (χ3n) is 4.60. The Morgan fingerprint density at radius 3 is 2.59 bits per heavy atom. The fourth-order valence-electron chi connectivity index (χ4n) is 3.30. The molecule has 2 aliphatic rings. The zero-order valence-electron chi connectivity index (χ0n) is 13.1. The van der Waals surface area contributed by atoms with E-state index in [2.05, 4.69) is 24.4 Å². The fourth-order valence-corrected chi connectivity index (χ4v) is 3.30. The zero-order chi connectivity index (χ0) is 14.7. The molecule has 0 bridgehead atoms. The van der Waals surface area contributed by atoms with Crippen molar-refractivity contribution >= 4 is 18.3 Å². The minimum atomic E-state index is 0.